The van der Waals surface area contributed by atoms with Crippen molar-refractivity contribution in [1.82, 2.24) is 4.98 Å². The molecular formula is C15H18N2O2. The van der Waals surface area contributed by atoms with Gasteiger partial charge in [-0.15, -0.1) is 0 Å². The second-order valence-corrected chi connectivity index (χ2v) is 4.68. The standard InChI is InChI=1S/C15H18N2O2/c18-10-4-3-5-12-8-9-16-14(11-12)17-15(19)13-6-1-2-7-13/h8-9,11,13,18H,1-2,4,6-7,10H2,(H,16,17,19). The predicted molar refractivity (Wildman–Crippen MR) is 73.4 cm³/mol. The molecule has 0 spiro atoms. The van der Waals surface area contributed by atoms with E-state index in [1.54, 1.807) is 18.3 Å². The molecule has 0 atom stereocenters. The molecule has 4 heteroatoms. The van der Waals surface area contributed by atoms with E-state index in [9.17, 15) is 4.79 Å². The van der Waals surface area contributed by atoms with Crippen LogP contribution in [0.3, 0.4) is 0 Å². The Morgan fingerprint density at radius 1 is 1.47 bits per heavy atom. The van der Waals surface area contributed by atoms with Gasteiger partial charge in [0.15, 0.2) is 0 Å². The van der Waals surface area contributed by atoms with Crippen LogP contribution in [0.15, 0.2) is 18.3 Å². The number of carbonyl (C=O) groups excluding carboxylic acids is 1. The molecule has 2 rings (SSSR count). The first-order valence-corrected chi connectivity index (χ1v) is 6.66. The number of nitrogens with zero attached hydrogens (tertiary/aromatic N) is 1. The van der Waals surface area contributed by atoms with Gasteiger partial charge in [0.05, 0.1) is 6.61 Å². The molecule has 0 aliphatic heterocycles. The van der Waals surface area contributed by atoms with Crippen LogP contribution in [0.4, 0.5) is 5.82 Å². The average molecular weight is 258 g/mol. The summed E-state index contributed by atoms with van der Waals surface area (Å²) in [5, 5.41) is 11.5. The van der Waals surface area contributed by atoms with E-state index in [0.29, 0.717) is 12.2 Å². The van der Waals surface area contributed by atoms with E-state index in [1.807, 2.05) is 0 Å². The summed E-state index contributed by atoms with van der Waals surface area (Å²) in [5.74, 6) is 6.51. The van der Waals surface area contributed by atoms with Crippen LogP contribution < -0.4 is 5.32 Å². The number of pyridine rings is 1. The van der Waals surface area contributed by atoms with Crippen molar-refractivity contribution in [2.75, 3.05) is 11.9 Å². The van der Waals surface area contributed by atoms with Gasteiger partial charge in [-0.05, 0) is 25.0 Å². The molecule has 2 N–H and O–H groups in total. The van der Waals surface area contributed by atoms with Crippen molar-refractivity contribution in [2.45, 2.75) is 32.1 Å². The van der Waals surface area contributed by atoms with Gasteiger partial charge in [-0.3, -0.25) is 4.79 Å². The molecule has 1 aromatic rings. The fourth-order valence-electron chi connectivity index (χ4n) is 2.21. The maximum atomic E-state index is 12.0. The Morgan fingerprint density at radius 2 is 2.26 bits per heavy atom. The summed E-state index contributed by atoms with van der Waals surface area (Å²) in [6, 6.07) is 3.55. The lowest BCUT2D eigenvalue weighted by molar-refractivity contribution is -0.119. The number of nitrogens with one attached hydrogen (secondary N) is 1. The van der Waals surface area contributed by atoms with Crippen molar-refractivity contribution in [3.8, 4) is 11.8 Å². The van der Waals surface area contributed by atoms with Crippen LogP contribution in [-0.4, -0.2) is 22.6 Å². The van der Waals surface area contributed by atoms with Crippen molar-refractivity contribution in [3.63, 3.8) is 0 Å². The minimum absolute atomic E-state index is 0.0589. The first-order valence-electron chi connectivity index (χ1n) is 6.66. The highest BCUT2D eigenvalue weighted by Gasteiger charge is 2.22. The minimum atomic E-state index is 0.0589. The number of hydrogen-bond acceptors (Lipinski definition) is 3. The molecule has 1 aliphatic rings. The Kier molecular flexibility index (Phi) is 4.93. The van der Waals surface area contributed by atoms with Crippen molar-refractivity contribution in [2.24, 2.45) is 5.92 Å². The zero-order valence-corrected chi connectivity index (χ0v) is 10.9. The molecule has 1 aromatic heterocycles. The molecule has 100 valence electrons. The zero-order valence-electron chi connectivity index (χ0n) is 10.9. The molecule has 0 aromatic carbocycles. The van der Waals surface area contributed by atoms with Crippen LogP contribution >= 0.6 is 0 Å². The number of amides is 1. The number of anilines is 1. The molecule has 1 aliphatic carbocycles. The van der Waals surface area contributed by atoms with Gasteiger partial charge in [-0.1, -0.05) is 24.7 Å². The number of aromatic nitrogens is 1. The number of aliphatic hydroxyl groups excluding tert-OH is 1. The van der Waals surface area contributed by atoms with E-state index >= 15 is 0 Å². The molecule has 0 unspecified atom stereocenters. The average Bonchev–Trinajstić information content (AvgIpc) is 2.93. The van der Waals surface area contributed by atoms with E-state index < -0.39 is 0 Å². The molecule has 1 saturated carbocycles. The highest BCUT2D eigenvalue weighted by molar-refractivity contribution is 5.91. The predicted octanol–water partition coefficient (Wildman–Crippen LogP) is 1.94. The maximum absolute atomic E-state index is 12.0. The smallest absolute Gasteiger partial charge is 0.228 e. The SMILES string of the molecule is O=C(Nc1cc(C#CCCO)ccn1)C1CCCC1. The van der Waals surface area contributed by atoms with Gasteiger partial charge in [0.2, 0.25) is 5.91 Å². The minimum Gasteiger partial charge on any atom is -0.395 e. The van der Waals surface area contributed by atoms with Gasteiger partial charge >= 0.3 is 0 Å². The summed E-state index contributed by atoms with van der Waals surface area (Å²) < 4.78 is 0. The van der Waals surface area contributed by atoms with Gasteiger partial charge in [-0.25, -0.2) is 4.98 Å². The third kappa shape index (κ3) is 4.08. The fourth-order valence-corrected chi connectivity index (χ4v) is 2.21. The van der Waals surface area contributed by atoms with Gasteiger partial charge in [-0.2, -0.15) is 0 Å². The number of aliphatic hydroxyl groups is 1. The Morgan fingerprint density at radius 3 is 3.00 bits per heavy atom. The Bertz CT molecular complexity index is 496. The number of rotatable bonds is 3. The molecule has 0 saturated heterocycles. The van der Waals surface area contributed by atoms with Gasteiger partial charge in [0.25, 0.3) is 0 Å². The summed E-state index contributed by atoms with van der Waals surface area (Å²) in [6.07, 6.45) is 6.30. The third-order valence-electron chi connectivity index (χ3n) is 3.21. The van der Waals surface area contributed by atoms with Crippen molar-refractivity contribution in [1.29, 1.82) is 0 Å². The second-order valence-electron chi connectivity index (χ2n) is 4.68. The Labute approximate surface area is 113 Å². The molecule has 0 bridgehead atoms. The molecule has 19 heavy (non-hydrogen) atoms. The summed E-state index contributed by atoms with van der Waals surface area (Å²) in [7, 11) is 0. The second kappa shape index (κ2) is 6.91. The lowest BCUT2D eigenvalue weighted by Crippen LogP contribution is -2.20. The van der Waals surface area contributed by atoms with E-state index in [1.165, 1.54) is 0 Å². The van der Waals surface area contributed by atoms with Crippen LogP contribution in [0.5, 0.6) is 0 Å². The van der Waals surface area contributed by atoms with Crippen molar-refractivity contribution >= 4 is 11.7 Å². The fraction of sp³-hybridized carbons (Fsp3) is 0.467. The lowest BCUT2D eigenvalue weighted by atomic mass is 10.1. The zero-order chi connectivity index (χ0) is 13.5. The monoisotopic (exact) mass is 258 g/mol. The highest BCUT2D eigenvalue weighted by Crippen LogP contribution is 2.25. The molecule has 1 heterocycles. The number of carbonyl (C=O) groups is 1. The van der Waals surface area contributed by atoms with Gasteiger partial charge in [0.1, 0.15) is 5.82 Å². The highest BCUT2D eigenvalue weighted by atomic mass is 16.2. The Hall–Kier alpha value is -1.86. The van der Waals surface area contributed by atoms with E-state index in [4.69, 9.17) is 5.11 Å². The largest absolute Gasteiger partial charge is 0.395 e. The van der Waals surface area contributed by atoms with E-state index in [0.717, 1.165) is 31.2 Å². The molecule has 1 amide bonds. The summed E-state index contributed by atoms with van der Waals surface area (Å²) in [6.45, 7) is 0.0589. The van der Waals surface area contributed by atoms with Gasteiger partial charge < -0.3 is 10.4 Å². The van der Waals surface area contributed by atoms with E-state index in [-0.39, 0.29) is 18.4 Å². The maximum Gasteiger partial charge on any atom is 0.228 e. The van der Waals surface area contributed by atoms with Crippen LogP contribution in [0.1, 0.15) is 37.7 Å². The van der Waals surface area contributed by atoms with Crippen molar-refractivity contribution in [3.05, 3.63) is 23.9 Å². The quantitative estimate of drug-likeness (QED) is 0.814. The molecule has 4 nitrogen and oxygen atoms in total. The third-order valence-corrected chi connectivity index (χ3v) is 3.21. The van der Waals surface area contributed by atoms with Crippen LogP contribution in [0, 0.1) is 17.8 Å². The summed E-state index contributed by atoms with van der Waals surface area (Å²) >= 11 is 0. The summed E-state index contributed by atoms with van der Waals surface area (Å²) in [5.41, 5.74) is 0.796. The van der Waals surface area contributed by atoms with Crippen LogP contribution in [0.2, 0.25) is 0 Å². The molecule has 1 fully saturated rings. The van der Waals surface area contributed by atoms with E-state index in [2.05, 4.69) is 22.1 Å². The number of hydrogen-bond donors (Lipinski definition) is 2. The van der Waals surface area contributed by atoms with Crippen LogP contribution in [-0.2, 0) is 4.79 Å². The Balaban J connectivity index is 1.98. The van der Waals surface area contributed by atoms with Gasteiger partial charge in [0, 0.05) is 24.1 Å². The lowest BCUT2D eigenvalue weighted by Gasteiger charge is -2.09. The van der Waals surface area contributed by atoms with Crippen LogP contribution in [0.25, 0.3) is 0 Å². The molecular weight excluding hydrogens is 240 g/mol. The topological polar surface area (TPSA) is 62.2 Å². The molecule has 0 radical (unpaired) electrons. The first kappa shape index (κ1) is 13.6. The van der Waals surface area contributed by atoms with Crippen molar-refractivity contribution < 1.29 is 9.90 Å². The normalized spacial score (nSPS) is 14.8. The first-order chi connectivity index (χ1) is 9.29. The summed E-state index contributed by atoms with van der Waals surface area (Å²) in [4.78, 5) is 16.1.